The van der Waals surface area contributed by atoms with Crippen LogP contribution in [-0.4, -0.2) is 32.0 Å². The van der Waals surface area contributed by atoms with Crippen LogP contribution in [0.1, 0.15) is 16.1 Å². The summed E-state index contributed by atoms with van der Waals surface area (Å²) in [5, 5.41) is 18.1. The highest BCUT2D eigenvalue weighted by Gasteiger charge is 2.10. The number of hydrogen-bond acceptors (Lipinski definition) is 4. The number of carbonyl (C=O) groups is 2. The maximum atomic E-state index is 13.0. The molecule has 2 N–H and O–H groups in total. The van der Waals surface area contributed by atoms with E-state index in [4.69, 9.17) is 16.7 Å². The Labute approximate surface area is 123 Å². The van der Waals surface area contributed by atoms with Crippen molar-refractivity contribution in [2.24, 2.45) is 0 Å². The number of carboxylic acid groups (broad SMARTS) is 1. The van der Waals surface area contributed by atoms with E-state index in [2.05, 4.69) is 15.6 Å². The first-order valence-corrected chi connectivity index (χ1v) is 6.17. The fourth-order valence-corrected chi connectivity index (χ4v) is 1.73. The largest absolute Gasteiger partial charge is 0.476 e. The third-order valence-corrected chi connectivity index (χ3v) is 2.83. The molecule has 2 rings (SSSR count). The molecule has 0 bridgehead atoms. The Kier molecular flexibility index (Phi) is 4.49. The summed E-state index contributed by atoms with van der Waals surface area (Å²) >= 11 is 5.63. The Balaban J connectivity index is 1.89. The van der Waals surface area contributed by atoms with Gasteiger partial charge in [-0.05, 0) is 17.7 Å². The van der Waals surface area contributed by atoms with Gasteiger partial charge in [0.1, 0.15) is 12.4 Å². The summed E-state index contributed by atoms with van der Waals surface area (Å²) in [6.07, 6.45) is 1.15. The second-order valence-corrected chi connectivity index (χ2v) is 4.54. The molecule has 0 spiro atoms. The van der Waals surface area contributed by atoms with Crippen molar-refractivity contribution in [3.63, 3.8) is 0 Å². The summed E-state index contributed by atoms with van der Waals surface area (Å²) in [5.41, 5.74) is 0.396. The average Bonchev–Trinajstić information content (AvgIpc) is 2.89. The molecular formula is C12H10ClFN4O3. The smallest absolute Gasteiger partial charge is 0.358 e. The summed E-state index contributed by atoms with van der Waals surface area (Å²) in [6.45, 7) is -0.00543. The number of rotatable bonds is 5. The Hall–Kier alpha value is -2.48. The van der Waals surface area contributed by atoms with Crippen LogP contribution in [0, 0.1) is 5.82 Å². The normalized spacial score (nSPS) is 10.4. The number of halogens is 2. The first-order chi connectivity index (χ1) is 9.95. The van der Waals surface area contributed by atoms with E-state index in [0.717, 1.165) is 10.9 Å². The topological polar surface area (TPSA) is 97.1 Å². The van der Waals surface area contributed by atoms with Crippen LogP contribution >= 0.6 is 11.6 Å². The second-order valence-electron chi connectivity index (χ2n) is 4.13. The lowest BCUT2D eigenvalue weighted by Crippen LogP contribution is -2.27. The highest BCUT2D eigenvalue weighted by molar-refractivity contribution is 6.30. The number of nitrogens with zero attached hydrogens (tertiary/aromatic N) is 3. The summed E-state index contributed by atoms with van der Waals surface area (Å²) in [7, 11) is 0. The molecule has 0 fully saturated rings. The molecule has 0 saturated heterocycles. The fraction of sp³-hybridized carbons (Fsp3) is 0.167. The van der Waals surface area contributed by atoms with Crippen molar-refractivity contribution in [3.05, 3.63) is 46.5 Å². The van der Waals surface area contributed by atoms with E-state index < -0.39 is 17.7 Å². The van der Waals surface area contributed by atoms with Gasteiger partial charge < -0.3 is 10.4 Å². The molecule has 0 saturated carbocycles. The van der Waals surface area contributed by atoms with E-state index in [1.807, 2.05) is 0 Å². The van der Waals surface area contributed by atoms with Gasteiger partial charge in [0.15, 0.2) is 5.69 Å². The summed E-state index contributed by atoms with van der Waals surface area (Å²) < 4.78 is 14.1. The van der Waals surface area contributed by atoms with Crippen LogP contribution in [0.15, 0.2) is 24.4 Å². The SMILES string of the molecule is O=C(Cn1cc(C(=O)O)nn1)NCc1ccc(F)c(Cl)c1. The lowest BCUT2D eigenvalue weighted by atomic mass is 10.2. The number of nitrogens with one attached hydrogen (secondary N) is 1. The molecule has 0 radical (unpaired) electrons. The van der Waals surface area contributed by atoms with Crippen molar-refractivity contribution in [1.29, 1.82) is 0 Å². The Morgan fingerprint density at radius 3 is 2.81 bits per heavy atom. The summed E-state index contributed by atoms with van der Waals surface area (Å²) in [6, 6.07) is 4.12. The van der Waals surface area contributed by atoms with Crippen LogP contribution in [0.5, 0.6) is 0 Å². The molecule has 7 nitrogen and oxygen atoms in total. The van der Waals surface area contributed by atoms with Crippen LogP contribution in [0.25, 0.3) is 0 Å². The predicted octanol–water partition coefficient (Wildman–Crippen LogP) is 1.09. The minimum Gasteiger partial charge on any atom is -0.476 e. The van der Waals surface area contributed by atoms with Crippen molar-refractivity contribution >= 4 is 23.5 Å². The zero-order valence-electron chi connectivity index (χ0n) is 10.6. The monoisotopic (exact) mass is 312 g/mol. The van der Waals surface area contributed by atoms with Crippen molar-refractivity contribution in [2.45, 2.75) is 13.1 Å². The Bertz CT molecular complexity index is 689. The molecule has 0 aliphatic rings. The molecule has 110 valence electrons. The van der Waals surface area contributed by atoms with Crippen molar-refractivity contribution < 1.29 is 19.1 Å². The highest BCUT2D eigenvalue weighted by Crippen LogP contribution is 2.15. The van der Waals surface area contributed by atoms with Gasteiger partial charge in [0.25, 0.3) is 0 Å². The number of amides is 1. The molecule has 0 unspecified atom stereocenters. The van der Waals surface area contributed by atoms with Crippen LogP contribution < -0.4 is 5.32 Å². The molecule has 0 aliphatic heterocycles. The molecule has 0 aliphatic carbocycles. The lowest BCUT2D eigenvalue weighted by Gasteiger charge is -2.06. The molecule has 21 heavy (non-hydrogen) atoms. The summed E-state index contributed by atoms with van der Waals surface area (Å²) in [5.74, 6) is -2.14. The van der Waals surface area contributed by atoms with E-state index in [1.54, 1.807) is 0 Å². The number of carboxylic acids is 1. The Morgan fingerprint density at radius 2 is 2.19 bits per heavy atom. The van der Waals surface area contributed by atoms with Crippen LogP contribution in [0.2, 0.25) is 5.02 Å². The standard InChI is InChI=1S/C12H10ClFN4O3/c13-8-3-7(1-2-9(8)14)4-15-11(19)6-18-5-10(12(20)21)16-17-18/h1-3,5H,4,6H2,(H,15,19)(H,20,21). The second kappa shape index (κ2) is 6.31. The molecule has 1 heterocycles. The quantitative estimate of drug-likeness (QED) is 0.861. The van der Waals surface area contributed by atoms with E-state index in [1.165, 1.54) is 18.2 Å². The fourth-order valence-electron chi connectivity index (χ4n) is 1.53. The number of benzene rings is 1. The zero-order chi connectivity index (χ0) is 15.4. The van der Waals surface area contributed by atoms with Gasteiger partial charge in [0, 0.05) is 6.54 Å². The zero-order valence-corrected chi connectivity index (χ0v) is 11.3. The first kappa shape index (κ1) is 14.9. The van der Waals surface area contributed by atoms with E-state index in [9.17, 15) is 14.0 Å². The van der Waals surface area contributed by atoms with Crippen LogP contribution in [-0.2, 0) is 17.9 Å². The minimum atomic E-state index is -1.22. The first-order valence-electron chi connectivity index (χ1n) is 5.80. The molecular weight excluding hydrogens is 303 g/mol. The van der Waals surface area contributed by atoms with Crippen LogP contribution in [0.4, 0.5) is 4.39 Å². The van der Waals surface area contributed by atoms with Gasteiger partial charge in [-0.2, -0.15) is 0 Å². The van der Waals surface area contributed by atoms with Crippen molar-refractivity contribution in [1.82, 2.24) is 20.3 Å². The minimum absolute atomic E-state index is 0.0240. The molecule has 1 aromatic carbocycles. The number of carbonyl (C=O) groups excluding carboxylic acids is 1. The van der Waals surface area contributed by atoms with Gasteiger partial charge >= 0.3 is 5.97 Å². The van der Waals surface area contributed by atoms with E-state index in [-0.39, 0.29) is 23.8 Å². The van der Waals surface area contributed by atoms with Gasteiger partial charge in [-0.25, -0.2) is 13.9 Å². The maximum absolute atomic E-state index is 13.0. The molecule has 2 aromatic rings. The molecule has 9 heteroatoms. The van der Waals surface area contributed by atoms with Gasteiger partial charge in [-0.1, -0.05) is 22.9 Å². The Morgan fingerprint density at radius 1 is 1.43 bits per heavy atom. The van der Waals surface area contributed by atoms with Crippen molar-refractivity contribution in [2.75, 3.05) is 0 Å². The highest BCUT2D eigenvalue weighted by atomic mass is 35.5. The molecule has 1 amide bonds. The number of aromatic carboxylic acids is 1. The predicted molar refractivity (Wildman–Crippen MR) is 70.2 cm³/mol. The van der Waals surface area contributed by atoms with Gasteiger partial charge in [0.2, 0.25) is 5.91 Å². The van der Waals surface area contributed by atoms with Gasteiger partial charge in [-0.3, -0.25) is 4.79 Å². The molecule has 1 aromatic heterocycles. The summed E-state index contributed by atoms with van der Waals surface area (Å²) in [4.78, 5) is 22.3. The van der Waals surface area contributed by atoms with E-state index in [0.29, 0.717) is 5.56 Å². The van der Waals surface area contributed by atoms with E-state index >= 15 is 0 Å². The lowest BCUT2D eigenvalue weighted by molar-refractivity contribution is -0.122. The third kappa shape index (κ3) is 3.99. The number of hydrogen-bond donors (Lipinski definition) is 2. The number of aromatic nitrogens is 3. The maximum Gasteiger partial charge on any atom is 0.358 e. The third-order valence-electron chi connectivity index (χ3n) is 2.54. The molecule has 0 atom stereocenters. The van der Waals surface area contributed by atoms with Gasteiger partial charge in [0.05, 0.1) is 11.2 Å². The van der Waals surface area contributed by atoms with Crippen molar-refractivity contribution in [3.8, 4) is 0 Å². The van der Waals surface area contributed by atoms with Crippen LogP contribution in [0.3, 0.4) is 0 Å². The average molecular weight is 313 g/mol. The van der Waals surface area contributed by atoms with Gasteiger partial charge in [-0.15, -0.1) is 5.10 Å².